The molecule has 14 heteroatoms. The molecule has 0 unspecified atom stereocenters. The molecule has 2 heterocycles. The first-order chi connectivity index (χ1) is 28.6. The maximum absolute atomic E-state index is 12.8. The molecule has 0 aromatic heterocycles. The molecule has 8 N–H and O–H groups in total. The number of hydrogen-bond donors (Lipinski definition) is 8. The normalized spacial score (nSPS) is 43.4. The van der Waals surface area contributed by atoms with Crippen molar-refractivity contribution in [1.82, 2.24) is 5.32 Å². The number of hydrogen-bond acceptors (Lipinski definition) is 13. The van der Waals surface area contributed by atoms with E-state index >= 15 is 0 Å². The molecule has 1 amide bonds. The lowest BCUT2D eigenvalue weighted by Crippen LogP contribution is -2.64. The zero-order valence-corrected chi connectivity index (χ0v) is 36.9. The number of ether oxygens (including phenoxy) is 5. The van der Waals surface area contributed by atoms with Crippen molar-refractivity contribution < 1.29 is 64.2 Å². The van der Waals surface area contributed by atoms with Crippen molar-refractivity contribution in [3.05, 3.63) is 11.6 Å². The average Bonchev–Trinajstić information content (AvgIpc) is 3.58. The van der Waals surface area contributed by atoms with Gasteiger partial charge in [-0.1, -0.05) is 78.4 Å². The van der Waals surface area contributed by atoms with E-state index in [-0.39, 0.29) is 24.2 Å². The number of unbranched alkanes of at least 4 members (excludes halogenated alkanes) is 3. The Labute approximate surface area is 357 Å². The molecule has 18 atom stereocenters. The molecule has 2 aliphatic heterocycles. The Morgan fingerprint density at radius 1 is 0.800 bits per heavy atom. The molecule has 0 aromatic carbocycles. The summed E-state index contributed by atoms with van der Waals surface area (Å²) < 4.78 is 28.3. The third-order valence-electron chi connectivity index (χ3n) is 16.1. The Morgan fingerprint density at radius 2 is 1.52 bits per heavy atom. The van der Waals surface area contributed by atoms with Gasteiger partial charge in [-0.3, -0.25) is 0 Å². The summed E-state index contributed by atoms with van der Waals surface area (Å²) in [6, 6.07) is 0. The Kier molecular flexibility index (Phi) is 16.8. The highest BCUT2D eigenvalue weighted by atomic mass is 16.7. The predicted octanol–water partition coefficient (Wildman–Crippen LogP) is 4.32. The highest BCUT2D eigenvalue weighted by Gasteiger charge is 2.59. The topological polar surface area (TPSA) is 217 Å². The van der Waals surface area contributed by atoms with Gasteiger partial charge in [0.15, 0.2) is 12.6 Å². The van der Waals surface area contributed by atoms with Crippen molar-refractivity contribution >= 4 is 6.09 Å². The van der Waals surface area contributed by atoms with Crippen molar-refractivity contribution in [2.24, 2.45) is 46.3 Å². The van der Waals surface area contributed by atoms with E-state index in [9.17, 15) is 40.5 Å². The van der Waals surface area contributed by atoms with Crippen LogP contribution in [-0.2, 0) is 23.7 Å². The van der Waals surface area contributed by atoms with Crippen molar-refractivity contribution in [3.8, 4) is 0 Å². The lowest BCUT2D eigenvalue weighted by molar-refractivity contribution is -0.359. The van der Waals surface area contributed by atoms with Crippen molar-refractivity contribution in [1.29, 1.82) is 0 Å². The summed E-state index contributed by atoms with van der Waals surface area (Å²) in [6.07, 6.45) is 3.81. The first-order valence-corrected chi connectivity index (χ1v) is 23.5. The van der Waals surface area contributed by atoms with Gasteiger partial charge in [0.2, 0.25) is 0 Å². The maximum Gasteiger partial charge on any atom is 0.407 e. The summed E-state index contributed by atoms with van der Waals surface area (Å²) in [5.74, 6) is 4.80. The van der Waals surface area contributed by atoms with Gasteiger partial charge in [-0.15, -0.1) is 0 Å². The van der Waals surface area contributed by atoms with Crippen LogP contribution in [0, 0.1) is 46.3 Å². The highest BCUT2D eigenvalue weighted by molar-refractivity contribution is 5.67. The lowest BCUT2D eigenvalue weighted by atomic mass is 9.47. The van der Waals surface area contributed by atoms with Crippen LogP contribution in [0.1, 0.15) is 131 Å². The van der Waals surface area contributed by atoms with E-state index in [4.69, 9.17) is 23.7 Å². The quantitative estimate of drug-likeness (QED) is 0.0713. The van der Waals surface area contributed by atoms with Gasteiger partial charge in [-0.2, -0.15) is 0 Å². The highest BCUT2D eigenvalue weighted by Crippen LogP contribution is 2.67. The first-order valence-electron chi connectivity index (χ1n) is 23.5. The van der Waals surface area contributed by atoms with Gasteiger partial charge in [-0.05, 0) is 104 Å². The van der Waals surface area contributed by atoms with E-state index in [0.717, 1.165) is 74.0 Å². The van der Waals surface area contributed by atoms with Crippen LogP contribution >= 0.6 is 0 Å². The number of carbonyl (C=O) groups is 1. The lowest BCUT2D eigenvalue weighted by Gasteiger charge is -2.58. The molecular weight excluding hydrogens is 774 g/mol. The summed E-state index contributed by atoms with van der Waals surface area (Å²) in [6.45, 7) is 11.8. The molecule has 6 aliphatic rings. The molecule has 3 saturated carbocycles. The van der Waals surface area contributed by atoms with Gasteiger partial charge < -0.3 is 64.7 Å². The summed E-state index contributed by atoms with van der Waals surface area (Å²) in [5.41, 5.74) is 2.20. The van der Waals surface area contributed by atoms with Gasteiger partial charge >= 0.3 is 6.09 Å². The number of aliphatic hydroxyl groups is 7. The Balaban J connectivity index is 0.862. The molecule has 14 nitrogen and oxygen atoms in total. The number of nitrogens with one attached hydrogen (secondary N) is 1. The van der Waals surface area contributed by atoms with E-state index in [0.29, 0.717) is 18.4 Å². The third kappa shape index (κ3) is 10.4. The molecule has 0 radical (unpaired) electrons. The van der Waals surface area contributed by atoms with Gasteiger partial charge in [-0.25, -0.2) is 4.79 Å². The number of allylic oxidation sites excluding steroid dienone is 1. The Morgan fingerprint density at radius 3 is 2.25 bits per heavy atom. The SMILES string of the molecule is CC(C)CCC[C@@H](C)[C@H]1CC[C@H]2[C@@H]3CC=C4C[C@@H](OC(=O)NCCCCCCO[C@@H]5O[C@H](CO)[C@@H](O[C@H]6O[C@H](CO)[C@@H](O)[C@H](O)[C@H]6O)[C@H](O)[C@H]5O)CC[C@]4(C)[C@H]3CC[C@]12C. The predicted molar refractivity (Wildman–Crippen MR) is 222 cm³/mol. The van der Waals surface area contributed by atoms with E-state index in [1.54, 1.807) is 0 Å². The van der Waals surface area contributed by atoms with E-state index in [1.807, 2.05) is 0 Å². The third-order valence-corrected chi connectivity index (χ3v) is 16.1. The standard InChI is InChI=1S/C46H79NO13/c1-26(2)11-10-12-27(3)31-15-16-32-30-14-13-28-23-29(17-19-45(28,4)33(30)18-20-46(31,32)5)57-44(55)47-21-8-6-7-9-22-56-42-40(54)38(52)41(35(25-49)59-42)60-43-39(53)37(51)36(50)34(24-48)58-43/h13,26-27,29-43,48-54H,6-12,14-25H2,1-5H3,(H,47,55)/t27-,29+,30+,31-,32+,33+,34-,35-,36-,37+,38-,39-,40-,41-,42-,43-,45+,46-/m1/s1. The number of rotatable bonds is 18. The summed E-state index contributed by atoms with van der Waals surface area (Å²) >= 11 is 0. The minimum Gasteiger partial charge on any atom is -0.446 e. The molecule has 5 fully saturated rings. The summed E-state index contributed by atoms with van der Waals surface area (Å²) in [5, 5.41) is 74.3. The minimum atomic E-state index is -1.73. The zero-order valence-electron chi connectivity index (χ0n) is 36.9. The molecule has 4 aliphatic carbocycles. The van der Waals surface area contributed by atoms with Crippen LogP contribution in [-0.4, -0.2) is 136 Å². The monoisotopic (exact) mass is 854 g/mol. The van der Waals surface area contributed by atoms with Gasteiger partial charge in [0, 0.05) is 19.6 Å². The Hall–Kier alpha value is -1.43. The summed E-state index contributed by atoms with van der Waals surface area (Å²) in [7, 11) is 0. The minimum absolute atomic E-state index is 0.0923. The number of amides is 1. The largest absolute Gasteiger partial charge is 0.446 e. The zero-order chi connectivity index (χ0) is 43.4. The molecule has 60 heavy (non-hydrogen) atoms. The van der Waals surface area contributed by atoms with Crippen LogP contribution in [0.2, 0.25) is 0 Å². The van der Waals surface area contributed by atoms with E-state index in [1.165, 1.54) is 56.9 Å². The van der Waals surface area contributed by atoms with Crippen LogP contribution in [0.5, 0.6) is 0 Å². The smallest absolute Gasteiger partial charge is 0.407 e. The molecule has 2 saturated heterocycles. The van der Waals surface area contributed by atoms with E-state index < -0.39 is 74.6 Å². The fourth-order valence-electron chi connectivity index (χ4n) is 12.6. The molecule has 0 aromatic rings. The van der Waals surface area contributed by atoms with Crippen LogP contribution in [0.4, 0.5) is 4.79 Å². The number of aliphatic hydroxyl groups excluding tert-OH is 7. The van der Waals surface area contributed by atoms with Crippen LogP contribution in [0.15, 0.2) is 11.6 Å². The van der Waals surface area contributed by atoms with Crippen LogP contribution in [0.25, 0.3) is 0 Å². The first kappa shape index (κ1) is 48.0. The Bertz CT molecular complexity index is 1400. The number of alkyl carbamates (subject to hydrolysis) is 1. The molecule has 0 bridgehead atoms. The van der Waals surface area contributed by atoms with Crippen molar-refractivity contribution in [2.75, 3.05) is 26.4 Å². The molecule has 0 spiro atoms. The van der Waals surface area contributed by atoms with E-state index in [2.05, 4.69) is 46.0 Å². The second-order valence-electron chi connectivity index (χ2n) is 20.3. The maximum atomic E-state index is 12.8. The molecular formula is C46H79NO13. The summed E-state index contributed by atoms with van der Waals surface area (Å²) in [4.78, 5) is 12.8. The van der Waals surface area contributed by atoms with Crippen molar-refractivity contribution in [3.63, 3.8) is 0 Å². The number of fused-ring (bicyclic) bond motifs is 5. The molecule has 346 valence electrons. The molecule has 6 rings (SSSR count). The van der Waals surface area contributed by atoms with Gasteiger partial charge in [0.05, 0.1) is 13.2 Å². The van der Waals surface area contributed by atoms with Crippen LogP contribution in [0.3, 0.4) is 0 Å². The van der Waals surface area contributed by atoms with Crippen molar-refractivity contribution in [2.45, 2.75) is 198 Å². The average molecular weight is 854 g/mol. The van der Waals surface area contributed by atoms with Crippen LogP contribution < -0.4 is 5.32 Å². The van der Waals surface area contributed by atoms with Gasteiger partial charge in [0.25, 0.3) is 0 Å². The second-order valence-corrected chi connectivity index (χ2v) is 20.3. The number of carbonyl (C=O) groups excluding carboxylic acids is 1. The fourth-order valence-corrected chi connectivity index (χ4v) is 12.6. The second kappa shape index (κ2) is 21.0. The van der Waals surface area contributed by atoms with Gasteiger partial charge in [0.1, 0.15) is 54.9 Å². The fraction of sp³-hybridized carbons (Fsp3) is 0.935.